The number of para-hydroxylation sites is 2. The van der Waals surface area contributed by atoms with Crippen LogP contribution in [0.1, 0.15) is 26.7 Å². The van der Waals surface area contributed by atoms with Crippen molar-refractivity contribution in [2.45, 2.75) is 32.9 Å². The fraction of sp³-hybridized carbons (Fsp3) is 0.556. The van der Waals surface area contributed by atoms with Crippen LogP contribution in [0.4, 0.5) is 18.9 Å². The minimum atomic E-state index is -4.32. The predicted molar refractivity (Wildman–Crippen MR) is 91.0 cm³/mol. The standard InChI is InChI=1S/C18H23F3N2O3/c1-3-22(10-9-18(19,20)21)17(25)13-11-16(24)23(12-13)14-7-5-6-8-15(14)26-4-2/h5-8,13H,3-4,9-12H2,1-2H3. The van der Waals surface area contributed by atoms with Crippen LogP contribution in [0.2, 0.25) is 0 Å². The summed E-state index contributed by atoms with van der Waals surface area (Å²) in [6, 6.07) is 7.02. The Balaban J connectivity index is 2.10. The lowest BCUT2D eigenvalue weighted by Crippen LogP contribution is -2.39. The molecule has 0 saturated carbocycles. The number of carbonyl (C=O) groups excluding carboxylic acids is 2. The number of ether oxygens (including phenoxy) is 1. The summed E-state index contributed by atoms with van der Waals surface area (Å²) in [5.41, 5.74) is 0.577. The van der Waals surface area contributed by atoms with Crippen molar-refractivity contribution in [3.05, 3.63) is 24.3 Å². The highest BCUT2D eigenvalue weighted by molar-refractivity contribution is 6.01. The first kappa shape index (κ1) is 20.1. The molecule has 2 rings (SSSR count). The molecule has 1 fully saturated rings. The van der Waals surface area contributed by atoms with E-state index in [0.29, 0.717) is 18.0 Å². The zero-order valence-corrected chi connectivity index (χ0v) is 14.9. The van der Waals surface area contributed by atoms with E-state index in [9.17, 15) is 22.8 Å². The molecule has 1 saturated heterocycles. The summed E-state index contributed by atoms with van der Waals surface area (Å²) in [6.45, 7) is 3.82. The molecule has 1 unspecified atom stereocenters. The van der Waals surface area contributed by atoms with Gasteiger partial charge in [0.1, 0.15) is 5.75 Å². The van der Waals surface area contributed by atoms with E-state index in [1.54, 1.807) is 31.2 Å². The number of alkyl halides is 3. The second kappa shape index (κ2) is 8.42. The van der Waals surface area contributed by atoms with Crippen molar-refractivity contribution in [3.63, 3.8) is 0 Å². The normalized spacial score (nSPS) is 17.5. The maximum atomic E-state index is 12.6. The molecule has 2 amide bonds. The van der Waals surface area contributed by atoms with E-state index >= 15 is 0 Å². The average molecular weight is 372 g/mol. The van der Waals surface area contributed by atoms with Gasteiger partial charge in [0.05, 0.1) is 24.6 Å². The van der Waals surface area contributed by atoms with Crippen LogP contribution in [0.3, 0.4) is 0 Å². The fourth-order valence-corrected chi connectivity index (χ4v) is 3.01. The van der Waals surface area contributed by atoms with Crippen LogP contribution in [0.5, 0.6) is 5.75 Å². The van der Waals surface area contributed by atoms with E-state index in [4.69, 9.17) is 4.74 Å². The molecule has 0 N–H and O–H groups in total. The van der Waals surface area contributed by atoms with Gasteiger partial charge in [-0.3, -0.25) is 9.59 Å². The highest BCUT2D eigenvalue weighted by Gasteiger charge is 2.38. The topological polar surface area (TPSA) is 49.9 Å². The first-order valence-corrected chi connectivity index (χ1v) is 8.64. The molecule has 26 heavy (non-hydrogen) atoms. The summed E-state index contributed by atoms with van der Waals surface area (Å²) in [4.78, 5) is 27.6. The zero-order chi connectivity index (χ0) is 19.3. The molecule has 8 heteroatoms. The van der Waals surface area contributed by atoms with Gasteiger partial charge in [0.2, 0.25) is 11.8 Å². The maximum absolute atomic E-state index is 12.6. The summed E-state index contributed by atoms with van der Waals surface area (Å²) in [5.74, 6) is -0.755. The fourth-order valence-electron chi connectivity index (χ4n) is 3.01. The Morgan fingerprint density at radius 2 is 2.00 bits per heavy atom. The Labute approximate surface area is 150 Å². The molecule has 0 bridgehead atoms. The van der Waals surface area contributed by atoms with Crippen LogP contribution in [0, 0.1) is 5.92 Å². The number of hydrogen-bond acceptors (Lipinski definition) is 3. The molecule has 1 heterocycles. The molecule has 1 aliphatic heterocycles. The summed E-state index contributed by atoms with van der Waals surface area (Å²) >= 11 is 0. The molecule has 144 valence electrons. The van der Waals surface area contributed by atoms with E-state index in [2.05, 4.69) is 0 Å². The van der Waals surface area contributed by atoms with Crippen molar-refractivity contribution < 1.29 is 27.5 Å². The quantitative estimate of drug-likeness (QED) is 0.738. The van der Waals surface area contributed by atoms with Crippen molar-refractivity contribution in [2.75, 3.05) is 31.1 Å². The number of anilines is 1. The van der Waals surface area contributed by atoms with Gasteiger partial charge in [-0.2, -0.15) is 13.2 Å². The number of benzene rings is 1. The van der Waals surface area contributed by atoms with Gasteiger partial charge in [-0.05, 0) is 26.0 Å². The van der Waals surface area contributed by atoms with Crippen LogP contribution in [-0.4, -0.2) is 49.1 Å². The first-order valence-electron chi connectivity index (χ1n) is 8.64. The van der Waals surface area contributed by atoms with E-state index < -0.39 is 24.4 Å². The van der Waals surface area contributed by atoms with Crippen LogP contribution in [0.25, 0.3) is 0 Å². The van der Waals surface area contributed by atoms with Crippen LogP contribution >= 0.6 is 0 Å². The van der Waals surface area contributed by atoms with Gasteiger partial charge in [0.15, 0.2) is 0 Å². The summed E-state index contributed by atoms with van der Waals surface area (Å²) in [7, 11) is 0. The van der Waals surface area contributed by atoms with E-state index in [1.807, 2.05) is 6.92 Å². The van der Waals surface area contributed by atoms with Crippen LogP contribution < -0.4 is 9.64 Å². The molecule has 1 aromatic carbocycles. The number of amides is 2. The largest absolute Gasteiger partial charge is 0.492 e. The Morgan fingerprint density at radius 1 is 1.31 bits per heavy atom. The van der Waals surface area contributed by atoms with Crippen LogP contribution in [-0.2, 0) is 9.59 Å². The molecular weight excluding hydrogens is 349 g/mol. The van der Waals surface area contributed by atoms with Crippen molar-refractivity contribution in [1.82, 2.24) is 4.90 Å². The Hall–Kier alpha value is -2.25. The van der Waals surface area contributed by atoms with Gasteiger partial charge in [-0.15, -0.1) is 0 Å². The van der Waals surface area contributed by atoms with Gasteiger partial charge >= 0.3 is 6.18 Å². The molecular formula is C18H23F3N2O3. The van der Waals surface area contributed by atoms with Crippen molar-refractivity contribution in [1.29, 1.82) is 0 Å². The molecule has 0 spiro atoms. The van der Waals surface area contributed by atoms with Gasteiger partial charge in [0, 0.05) is 26.1 Å². The molecule has 0 aliphatic carbocycles. The molecule has 5 nitrogen and oxygen atoms in total. The lowest BCUT2D eigenvalue weighted by atomic mass is 10.1. The van der Waals surface area contributed by atoms with Gasteiger partial charge in [-0.25, -0.2) is 0 Å². The number of halogens is 3. The Bertz CT molecular complexity index is 649. The Kier molecular flexibility index (Phi) is 6.50. The number of carbonyl (C=O) groups is 2. The highest BCUT2D eigenvalue weighted by atomic mass is 19.4. The summed E-state index contributed by atoms with van der Waals surface area (Å²) in [6.07, 6.45) is -5.38. The molecule has 0 radical (unpaired) electrons. The van der Waals surface area contributed by atoms with Crippen molar-refractivity contribution in [3.8, 4) is 5.75 Å². The monoisotopic (exact) mass is 372 g/mol. The SMILES string of the molecule is CCOc1ccccc1N1CC(C(=O)N(CC)CCC(F)(F)F)CC1=O. The predicted octanol–water partition coefficient (Wildman–Crippen LogP) is 3.24. The third-order valence-corrected chi connectivity index (χ3v) is 4.29. The molecule has 1 aliphatic rings. The second-order valence-electron chi connectivity index (χ2n) is 6.09. The minimum absolute atomic E-state index is 0.0121. The minimum Gasteiger partial charge on any atom is -0.492 e. The van der Waals surface area contributed by atoms with E-state index in [-0.39, 0.29) is 32.0 Å². The number of nitrogens with zero attached hydrogens (tertiary/aromatic N) is 2. The second-order valence-corrected chi connectivity index (χ2v) is 6.09. The maximum Gasteiger partial charge on any atom is 0.390 e. The van der Waals surface area contributed by atoms with Gasteiger partial charge < -0.3 is 14.5 Å². The van der Waals surface area contributed by atoms with E-state index in [1.165, 1.54) is 9.80 Å². The van der Waals surface area contributed by atoms with Gasteiger partial charge in [-0.1, -0.05) is 12.1 Å². The lowest BCUT2D eigenvalue weighted by molar-refractivity contribution is -0.147. The van der Waals surface area contributed by atoms with Crippen molar-refractivity contribution >= 4 is 17.5 Å². The van der Waals surface area contributed by atoms with Gasteiger partial charge in [0.25, 0.3) is 0 Å². The Morgan fingerprint density at radius 3 is 2.62 bits per heavy atom. The third kappa shape index (κ3) is 4.89. The van der Waals surface area contributed by atoms with Crippen molar-refractivity contribution in [2.24, 2.45) is 5.92 Å². The summed E-state index contributed by atoms with van der Waals surface area (Å²) in [5, 5.41) is 0. The molecule has 0 aromatic heterocycles. The average Bonchev–Trinajstić information content (AvgIpc) is 2.97. The lowest BCUT2D eigenvalue weighted by Gasteiger charge is -2.25. The summed E-state index contributed by atoms with van der Waals surface area (Å²) < 4.78 is 42.8. The first-order chi connectivity index (χ1) is 12.3. The zero-order valence-electron chi connectivity index (χ0n) is 14.9. The third-order valence-electron chi connectivity index (χ3n) is 4.29. The molecule has 1 aromatic rings. The highest BCUT2D eigenvalue weighted by Crippen LogP contribution is 2.33. The number of hydrogen-bond donors (Lipinski definition) is 0. The molecule has 1 atom stereocenters. The number of rotatable bonds is 7. The smallest absolute Gasteiger partial charge is 0.390 e. The van der Waals surface area contributed by atoms with Crippen LogP contribution in [0.15, 0.2) is 24.3 Å². The van der Waals surface area contributed by atoms with E-state index in [0.717, 1.165) is 0 Å².